The van der Waals surface area contributed by atoms with Crippen molar-refractivity contribution in [2.45, 2.75) is 19.3 Å². The van der Waals surface area contributed by atoms with E-state index in [4.69, 9.17) is 0 Å². The van der Waals surface area contributed by atoms with Crippen molar-refractivity contribution in [3.8, 4) is 0 Å². The summed E-state index contributed by atoms with van der Waals surface area (Å²) in [4.78, 5) is 24.6. The molecule has 0 spiro atoms. The molecule has 4 nitrogen and oxygen atoms in total. The molecule has 0 saturated heterocycles. The highest BCUT2D eigenvalue weighted by atomic mass is 79.9. The minimum absolute atomic E-state index is 0.215. The predicted octanol–water partition coefficient (Wildman–Crippen LogP) is 3.47. The van der Waals surface area contributed by atoms with Crippen LogP contribution in [0.3, 0.4) is 0 Å². The molecule has 0 aliphatic rings. The number of amides is 2. The number of hydrazine groups is 1. The highest BCUT2D eigenvalue weighted by Crippen LogP contribution is 2.22. The van der Waals surface area contributed by atoms with Crippen LogP contribution in [0.1, 0.15) is 34.5 Å². The Bertz CT molecular complexity index is 628. The van der Waals surface area contributed by atoms with Gasteiger partial charge in [0.1, 0.15) is 0 Å². The molecule has 0 bridgehead atoms. The molecular formula is C15H15BrN2O2S. The third-order valence-corrected chi connectivity index (χ3v) is 4.65. The number of hydrogen-bond donors (Lipinski definition) is 2. The largest absolute Gasteiger partial charge is 0.279 e. The van der Waals surface area contributed by atoms with Gasteiger partial charge in [-0.3, -0.25) is 20.4 Å². The molecule has 6 heteroatoms. The lowest BCUT2D eigenvalue weighted by molar-refractivity contribution is -0.123. The Morgan fingerprint density at radius 1 is 1.14 bits per heavy atom. The number of thiophene rings is 1. The van der Waals surface area contributed by atoms with Gasteiger partial charge < -0.3 is 0 Å². The molecule has 1 aromatic carbocycles. The lowest BCUT2D eigenvalue weighted by Gasteiger charge is -2.15. The molecule has 110 valence electrons. The highest BCUT2D eigenvalue weighted by molar-refractivity contribution is 9.11. The second-order valence-corrected chi connectivity index (χ2v) is 6.88. The molecule has 1 aromatic heterocycles. The summed E-state index contributed by atoms with van der Waals surface area (Å²) in [5, 5.41) is 0. The van der Waals surface area contributed by atoms with Crippen molar-refractivity contribution in [1.29, 1.82) is 0 Å². The first-order valence-corrected chi connectivity index (χ1v) is 8.13. The van der Waals surface area contributed by atoms with E-state index in [0.29, 0.717) is 11.3 Å². The molecule has 0 aliphatic carbocycles. The number of carbonyl (C=O) groups excluding carboxylic acids is 2. The van der Waals surface area contributed by atoms with Gasteiger partial charge in [-0.05, 0) is 40.0 Å². The van der Waals surface area contributed by atoms with Crippen LogP contribution in [0.5, 0.6) is 0 Å². The highest BCUT2D eigenvalue weighted by Gasteiger charge is 2.19. The van der Waals surface area contributed by atoms with Crippen molar-refractivity contribution >= 4 is 39.1 Å². The maximum absolute atomic E-state index is 12.2. The van der Waals surface area contributed by atoms with E-state index in [9.17, 15) is 9.59 Å². The third-order valence-electron chi connectivity index (χ3n) is 3.02. The number of halogens is 1. The summed E-state index contributed by atoms with van der Waals surface area (Å²) in [5.74, 6) is -0.809. The maximum Gasteiger partial charge on any atom is 0.279 e. The molecule has 2 aromatic rings. The molecule has 1 unspecified atom stereocenters. The smallest absolute Gasteiger partial charge is 0.273 e. The molecule has 1 heterocycles. The molecule has 0 saturated carbocycles. The summed E-state index contributed by atoms with van der Waals surface area (Å²) in [6, 6.07) is 13.0. The van der Waals surface area contributed by atoms with E-state index in [2.05, 4.69) is 26.8 Å². The minimum Gasteiger partial charge on any atom is -0.273 e. The van der Waals surface area contributed by atoms with Crippen molar-refractivity contribution in [3.05, 3.63) is 56.7 Å². The predicted molar refractivity (Wildman–Crippen MR) is 87.1 cm³/mol. The molecule has 1 atom stereocenters. The number of hydrogen-bond acceptors (Lipinski definition) is 3. The maximum atomic E-state index is 12.2. The molecule has 21 heavy (non-hydrogen) atoms. The third kappa shape index (κ3) is 4.15. The van der Waals surface area contributed by atoms with E-state index < -0.39 is 0 Å². The van der Waals surface area contributed by atoms with Crippen LogP contribution < -0.4 is 10.9 Å². The van der Waals surface area contributed by atoms with Crippen LogP contribution in [0, 0.1) is 0 Å². The van der Waals surface area contributed by atoms with Crippen LogP contribution in [-0.4, -0.2) is 11.8 Å². The average Bonchev–Trinajstić information content (AvgIpc) is 2.93. The van der Waals surface area contributed by atoms with E-state index in [-0.39, 0.29) is 17.7 Å². The van der Waals surface area contributed by atoms with Gasteiger partial charge in [0.25, 0.3) is 5.91 Å². The van der Waals surface area contributed by atoms with Gasteiger partial charge >= 0.3 is 0 Å². The van der Waals surface area contributed by atoms with Gasteiger partial charge in [0, 0.05) is 0 Å². The molecule has 0 fully saturated rings. The van der Waals surface area contributed by atoms with Crippen LogP contribution >= 0.6 is 27.3 Å². The van der Waals surface area contributed by atoms with Crippen LogP contribution in [0.15, 0.2) is 46.3 Å². The lowest BCUT2D eigenvalue weighted by Crippen LogP contribution is -2.43. The van der Waals surface area contributed by atoms with E-state index in [1.807, 2.05) is 37.3 Å². The van der Waals surface area contributed by atoms with Crippen molar-refractivity contribution in [2.24, 2.45) is 0 Å². The molecule has 0 aliphatic heterocycles. The Morgan fingerprint density at radius 2 is 1.86 bits per heavy atom. The number of rotatable bonds is 4. The van der Waals surface area contributed by atoms with Crippen LogP contribution in [0.4, 0.5) is 0 Å². The summed E-state index contributed by atoms with van der Waals surface area (Å²) in [6.07, 6.45) is 0.663. The summed E-state index contributed by atoms with van der Waals surface area (Å²) in [6.45, 7) is 1.94. The second-order valence-electron chi connectivity index (χ2n) is 4.42. The van der Waals surface area contributed by atoms with E-state index >= 15 is 0 Å². The Balaban J connectivity index is 1.96. The topological polar surface area (TPSA) is 58.2 Å². The van der Waals surface area contributed by atoms with Gasteiger partial charge in [-0.1, -0.05) is 37.3 Å². The zero-order chi connectivity index (χ0) is 15.2. The fraction of sp³-hybridized carbons (Fsp3) is 0.200. The van der Waals surface area contributed by atoms with Crippen LogP contribution in [0.2, 0.25) is 0 Å². The first-order valence-electron chi connectivity index (χ1n) is 6.52. The standard InChI is InChI=1S/C15H15BrN2O2S/c1-2-11(10-6-4-3-5-7-10)14(19)17-18-15(20)12-8-9-13(16)21-12/h3-9,11H,2H2,1H3,(H,17,19)(H,18,20). The number of benzene rings is 1. The van der Waals surface area contributed by atoms with Crippen molar-refractivity contribution in [3.63, 3.8) is 0 Å². The number of nitrogens with one attached hydrogen (secondary N) is 2. The quantitative estimate of drug-likeness (QED) is 0.813. The summed E-state index contributed by atoms with van der Waals surface area (Å²) >= 11 is 4.61. The second kappa shape index (κ2) is 7.38. The number of carbonyl (C=O) groups is 2. The van der Waals surface area contributed by atoms with Gasteiger partial charge in [0.05, 0.1) is 14.6 Å². The summed E-state index contributed by atoms with van der Waals surface area (Å²) < 4.78 is 0.870. The van der Waals surface area contributed by atoms with E-state index in [1.54, 1.807) is 12.1 Å². The Hall–Kier alpha value is -1.66. The first kappa shape index (κ1) is 15.7. The van der Waals surface area contributed by atoms with Crippen LogP contribution in [0.25, 0.3) is 0 Å². The fourth-order valence-corrected chi connectivity index (χ4v) is 3.24. The van der Waals surface area contributed by atoms with Crippen molar-refractivity contribution in [2.75, 3.05) is 0 Å². The minimum atomic E-state index is -0.318. The van der Waals surface area contributed by atoms with E-state index in [0.717, 1.165) is 9.35 Å². The Labute approximate surface area is 135 Å². The Kier molecular flexibility index (Phi) is 5.52. The lowest BCUT2D eigenvalue weighted by atomic mass is 9.96. The van der Waals surface area contributed by atoms with Gasteiger partial charge in [-0.2, -0.15) is 0 Å². The van der Waals surface area contributed by atoms with Gasteiger partial charge in [0.15, 0.2) is 0 Å². The van der Waals surface area contributed by atoms with Gasteiger partial charge in [-0.15, -0.1) is 11.3 Å². The SMILES string of the molecule is CCC(C(=O)NNC(=O)c1ccc(Br)s1)c1ccccc1. The summed E-state index contributed by atoms with van der Waals surface area (Å²) in [7, 11) is 0. The average molecular weight is 367 g/mol. The van der Waals surface area contributed by atoms with E-state index in [1.165, 1.54) is 11.3 Å². The van der Waals surface area contributed by atoms with Crippen molar-refractivity contribution < 1.29 is 9.59 Å². The van der Waals surface area contributed by atoms with Gasteiger partial charge in [-0.25, -0.2) is 0 Å². The summed E-state index contributed by atoms with van der Waals surface area (Å²) in [5.41, 5.74) is 5.88. The normalized spacial score (nSPS) is 11.7. The molecule has 2 N–H and O–H groups in total. The van der Waals surface area contributed by atoms with Crippen LogP contribution in [-0.2, 0) is 4.79 Å². The molecule has 2 amide bonds. The molecule has 0 radical (unpaired) electrons. The first-order chi connectivity index (χ1) is 10.1. The molecular weight excluding hydrogens is 352 g/mol. The molecule has 2 rings (SSSR count). The zero-order valence-electron chi connectivity index (χ0n) is 11.4. The fourth-order valence-electron chi connectivity index (χ4n) is 1.96. The zero-order valence-corrected chi connectivity index (χ0v) is 13.8. The Morgan fingerprint density at radius 3 is 2.43 bits per heavy atom. The van der Waals surface area contributed by atoms with Crippen molar-refractivity contribution in [1.82, 2.24) is 10.9 Å². The van der Waals surface area contributed by atoms with Gasteiger partial charge in [0.2, 0.25) is 5.91 Å². The monoisotopic (exact) mass is 366 g/mol.